The summed E-state index contributed by atoms with van der Waals surface area (Å²) in [6.07, 6.45) is 53.9. The van der Waals surface area contributed by atoms with Crippen molar-refractivity contribution < 1.29 is 25.2 Å². The molecule has 57 heavy (non-hydrogen) atoms. The standard InChI is InChI=1S/C51H99NO5/c1-3-5-7-9-11-13-15-17-18-19-20-21-22-23-24-25-26-27-28-29-30-31-32-33-35-36-38-40-42-44-48(54)50(56)47(46-53)52-51(57)49(55)45-43-41-39-37-34-16-14-12-10-8-6-4-2/h34,36-38,47-50,53-56H,3-33,35,39-46H2,1-2H3,(H,52,57)/b37-34-,38-36+. The van der Waals surface area contributed by atoms with Gasteiger partial charge in [-0.25, -0.2) is 0 Å². The molecule has 0 aromatic heterocycles. The van der Waals surface area contributed by atoms with Crippen LogP contribution in [0, 0.1) is 0 Å². The lowest BCUT2D eigenvalue weighted by Crippen LogP contribution is -2.53. The van der Waals surface area contributed by atoms with Gasteiger partial charge < -0.3 is 25.7 Å². The van der Waals surface area contributed by atoms with Crippen molar-refractivity contribution in [3.63, 3.8) is 0 Å². The molecule has 0 aliphatic carbocycles. The maximum atomic E-state index is 12.5. The van der Waals surface area contributed by atoms with Gasteiger partial charge in [-0.05, 0) is 64.2 Å². The first-order valence-electron chi connectivity index (χ1n) is 25.2. The number of amides is 1. The van der Waals surface area contributed by atoms with E-state index in [-0.39, 0.29) is 0 Å². The Kier molecular flexibility index (Phi) is 44.9. The van der Waals surface area contributed by atoms with Crippen molar-refractivity contribution in [2.24, 2.45) is 0 Å². The Morgan fingerprint density at radius 1 is 0.421 bits per heavy atom. The predicted octanol–water partition coefficient (Wildman–Crippen LogP) is 13.9. The Morgan fingerprint density at radius 2 is 0.719 bits per heavy atom. The van der Waals surface area contributed by atoms with Gasteiger partial charge in [0.05, 0.1) is 18.8 Å². The molecule has 0 rings (SSSR count). The van der Waals surface area contributed by atoms with Gasteiger partial charge in [0.2, 0.25) is 5.91 Å². The molecule has 0 aromatic rings. The zero-order valence-electron chi connectivity index (χ0n) is 38.1. The largest absolute Gasteiger partial charge is 0.394 e. The fourth-order valence-corrected chi connectivity index (χ4v) is 7.87. The molecule has 0 heterocycles. The Morgan fingerprint density at radius 3 is 1.05 bits per heavy atom. The number of carbonyl (C=O) groups excluding carboxylic acids is 1. The van der Waals surface area contributed by atoms with Gasteiger partial charge >= 0.3 is 0 Å². The first-order valence-corrected chi connectivity index (χ1v) is 25.2. The highest BCUT2D eigenvalue weighted by Crippen LogP contribution is 2.17. The normalized spacial score (nSPS) is 14.1. The summed E-state index contributed by atoms with van der Waals surface area (Å²) in [6, 6.07) is -1.01. The molecule has 4 unspecified atom stereocenters. The second kappa shape index (κ2) is 45.9. The number of aliphatic hydroxyl groups is 4. The van der Waals surface area contributed by atoms with Crippen LogP contribution in [0.3, 0.4) is 0 Å². The summed E-state index contributed by atoms with van der Waals surface area (Å²) < 4.78 is 0. The lowest BCUT2D eigenvalue weighted by Gasteiger charge is -2.27. The van der Waals surface area contributed by atoms with E-state index in [1.807, 2.05) is 0 Å². The predicted molar refractivity (Wildman–Crippen MR) is 247 cm³/mol. The second-order valence-electron chi connectivity index (χ2n) is 17.5. The van der Waals surface area contributed by atoms with Crippen molar-refractivity contribution in [3.8, 4) is 0 Å². The van der Waals surface area contributed by atoms with Crippen LogP contribution in [-0.4, -0.2) is 57.3 Å². The monoisotopic (exact) mass is 806 g/mol. The van der Waals surface area contributed by atoms with Crippen LogP contribution in [0.2, 0.25) is 0 Å². The highest BCUT2D eigenvalue weighted by atomic mass is 16.3. The minimum Gasteiger partial charge on any atom is -0.394 e. The third-order valence-corrected chi connectivity index (χ3v) is 11.9. The van der Waals surface area contributed by atoms with Gasteiger partial charge in [-0.3, -0.25) is 4.79 Å². The summed E-state index contributed by atoms with van der Waals surface area (Å²) in [5.74, 6) is -0.609. The van der Waals surface area contributed by atoms with Crippen LogP contribution in [0.1, 0.15) is 264 Å². The van der Waals surface area contributed by atoms with Gasteiger partial charge in [0.25, 0.3) is 0 Å². The molecule has 4 atom stereocenters. The van der Waals surface area contributed by atoms with E-state index < -0.39 is 36.9 Å². The van der Waals surface area contributed by atoms with Gasteiger partial charge in [0.1, 0.15) is 12.2 Å². The number of unbranched alkanes of at least 4 members (excludes halogenated alkanes) is 33. The molecule has 0 aliphatic rings. The highest BCUT2D eigenvalue weighted by Gasteiger charge is 2.28. The van der Waals surface area contributed by atoms with Crippen LogP contribution in [0.4, 0.5) is 0 Å². The van der Waals surface area contributed by atoms with E-state index in [0.29, 0.717) is 12.8 Å². The van der Waals surface area contributed by atoms with E-state index >= 15 is 0 Å². The van der Waals surface area contributed by atoms with Gasteiger partial charge in [-0.15, -0.1) is 0 Å². The molecule has 0 saturated heterocycles. The molecule has 0 aliphatic heterocycles. The SMILES string of the molecule is CCCCCCCC/C=C\CCCCC(O)C(=O)NC(CO)C(O)C(O)CCC/C=C/CCCCCCCCCCCCCCCCCCCCCCCCCC. The first kappa shape index (κ1) is 55.8. The summed E-state index contributed by atoms with van der Waals surface area (Å²) >= 11 is 0. The maximum absolute atomic E-state index is 12.5. The van der Waals surface area contributed by atoms with Crippen LogP contribution in [0.15, 0.2) is 24.3 Å². The Labute approximate surface area is 354 Å². The molecular formula is C51H99NO5. The van der Waals surface area contributed by atoms with Gasteiger partial charge in [0, 0.05) is 0 Å². The Hall–Kier alpha value is -1.21. The molecule has 6 nitrogen and oxygen atoms in total. The summed E-state index contributed by atoms with van der Waals surface area (Å²) in [4.78, 5) is 12.5. The van der Waals surface area contributed by atoms with E-state index in [9.17, 15) is 25.2 Å². The van der Waals surface area contributed by atoms with Crippen molar-refractivity contribution >= 4 is 5.91 Å². The molecule has 6 heteroatoms. The lowest BCUT2D eigenvalue weighted by molar-refractivity contribution is -0.132. The van der Waals surface area contributed by atoms with Crippen LogP contribution < -0.4 is 5.32 Å². The van der Waals surface area contributed by atoms with E-state index in [2.05, 4.69) is 43.5 Å². The Balaban J connectivity index is 3.63. The lowest BCUT2D eigenvalue weighted by atomic mass is 10.00. The summed E-state index contributed by atoms with van der Waals surface area (Å²) in [5.41, 5.74) is 0. The molecule has 338 valence electrons. The fourth-order valence-electron chi connectivity index (χ4n) is 7.87. The molecule has 1 amide bonds. The number of hydrogen-bond acceptors (Lipinski definition) is 5. The quantitative estimate of drug-likeness (QED) is 0.0311. The molecule has 0 radical (unpaired) electrons. The molecule has 0 spiro atoms. The van der Waals surface area contributed by atoms with E-state index in [1.165, 1.54) is 193 Å². The summed E-state index contributed by atoms with van der Waals surface area (Å²) in [6.45, 7) is 4.03. The second-order valence-corrected chi connectivity index (χ2v) is 17.5. The number of rotatable bonds is 46. The number of carbonyl (C=O) groups is 1. The minimum atomic E-state index is -1.29. The summed E-state index contributed by atoms with van der Waals surface area (Å²) in [5, 5.41) is 43.7. The van der Waals surface area contributed by atoms with Gasteiger partial charge in [0.15, 0.2) is 0 Å². The van der Waals surface area contributed by atoms with Gasteiger partial charge in [-0.2, -0.15) is 0 Å². The average Bonchev–Trinajstić information content (AvgIpc) is 3.22. The zero-order chi connectivity index (χ0) is 41.7. The van der Waals surface area contributed by atoms with Crippen molar-refractivity contribution in [2.75, 3.05) is 6.61 Å². The van der Waals surface area contributed by atoms with Crippen LogP contribution in [-0.2, 0) is 4.79 Å². The number of hydrogen-bond donors (Lipinski definition) is 5. The molecular weight excluding hydrogens is 707 g/mol. The van der Waals surface area contributed by atoms with Crippen LogP contribution in [0.25, 0.3) is 0 Å². The molecule has 5 N–H and O–H groups in total. The van der Waals surface area contributed by atoms with Crippen molar-refractivity contribution in [3.05, 3.63) is 24.3 Å². The number of aliphatic hydroxyl groups excluding tert-OH is 4. The van der Waals surface area contributed by atoms with Crippen molar-refractivity contribution in [1.82, 2.24) is 5.32 Å². The fraction of sp³-hybridized carbons (Fsp3) is 0.902. The van der Waals surface area contributed by atoms with Crippen molar-refractivity contribution in [1.29, 1.82) is 0 Å². The molecule has 0 aromatic carbocycles. The topological polar surface area (TPSA) is 110 Å². The third-order valence-electron chi connectivity index (χ3n) is 11.9. The van der Waals surface area contributed by atoms with Crippen LogP contribution in [0.5, 0.6) is 0 Å². The maximum Gasteiger partial charge on any atom is 0.249 e. The van der Waals surface area contributed by atoms with E-state index in [0.717, 1.165) is 44.9 Å². The third kappa shape index (κ3) is 40.0. The number of allylic oxidation sites excluding steroid dienone is 4. The number of nitrogens with one attached hydrogen (secondary N) is 1. The first-order chi connectivity index (χ1) is 28.0. The smallest absolute Gasteiger partial charge is 0.249 e. The minimum absolute atomic E-state index is 0.333. The average molecular weight is 806 g/mol. The Bertz CT molecular complexity index is 863. The van der Waals surface area contributed by atoms with Gasteiger partial charge in [-0.1, -0.05) is 224 Å². The molecule has 0 fully saturated rings. The van der Waals surface area contributed by atoms with Crippen molar-refractivity contribution in [2.45, 2.75) is 289 Å². The molecule has 0 saturated carbocycles. The van der Waals surface area contributed by atoms with E-state index in [1.54, 1.807) is 0 Å². The highest BCUT2D eigenvalue weighted by molar-refractivity contribution is 5.80. The summed E-state index contributed by atoms with van der Waals surface area (Å²) in [7, 11) is 0. The van der Waals surface area contributed by atoms with E-state index in [4.69, 9.17) is 0 Å². The van der Waals surface area contributed by atoms with Crippen LogP contribution >= 0.6 is 0 Å². The molecule has 0 bridgehead atoms. The zero-order valence-corrected chi connectivity index (χ0v) is 38.1.